The van der Waals surface area contributed by atoms with Gasteiger partial charge in [0.05, 0.1) is 18.4 Å². The first kappa shape index (κ1) is 24.4. The van der Waals surface area contributed by atoms with Crippen molar-refractivity contribution in [1.82, 2.24) is 19.4 Å². The Morgan fingerprint density at radius 3 is 2.73 bits per heavy atom. The fourth-order valence-corrected chi connectivity index (χ4v) is 7.95. The van der Waals surface area contributed by atoms with Gasteiger partial charge in [0.15, 0.2) is 0 Å². The summed E-state index contributed by atoms with van der Waals surface area (Å²) < 4.78 is 36.3. The molecule has 0 amide bonds. The lowest BCUT2D eigenvalue weighted by Crippen LogP contribution is -2.31. The van der Waals surface area contributed by atoms with E-state index in [-0.39, 0.29) is 9.77 Å². The average molecular weight is 495 g/mol. The van der Waals surface area contributed by atoms with Gasteiger partial charge in [-0.15, -0.1) is 11.3 Å². The molecule has 2 aromatic rings. The van der Waals surface area contributed by atoms with E-state index in [4.69, 9.17) is 4.74 Å². The van der Waals surface area contributed by atoms with Gasteiger partial charge in [-0.05, 0) is 44.6 Å². The van der Waals surface area contributed by atoms with Crippen LogP contribution in [-0.4, -0.2) is 49.3 Å². The first-order valence-corrected chi connectivity index (χ1v) is 14.1. The summed E-state index contributed by atoms with van der Waals surface area (Å²) in [5.41, 5.74) is 3.23. The van der Waals surface area contributed by atoms with E-state index in [1.165, 1.54) is 30.4 Å². The molecule has 0 bridgehead atoms. The van der Waals surface area contributed by atoms with Gasteiger partial charge in [0, 0.05) is 49.4 Å². The summed E-state index contributed by atoms with van der Waals surface area (Å²) in [6.07, 6.45) is 8.33. The predicted octanol–water partition coefficient (Wildman–Crippen LogP) is 3.48. The van der Waals surface area contributed by atoms with Gasteiger partial charge in [-0.1, -0.05) is 19.3 Å². The maximum atomic E-state index is 13.3. The number of nitrogens with one attached hydrogen (secondary N) is 1. The number of methoxy groups -OCH3 is 1. The van der Waals surface area contributed by atoms with Gasteiger partial charge >= 0.3 is 5.97 Å². The summed E-state index contributed by atoms with van der Waals surface area (Å²) in [6, 6.07) is 0. The summed E-state index contributed by atoms with van der Waals surface area (Å²) in [4.78, 5) is 15.9. The quantitative estimate of drug-likeness (QED) is 0.565. The van der Waals surface area contributed by atoms with Crippen LogP contribution in [0.2, 0.25) is 0 Å². The largest absolute Gasteiger partial charge is 0.465 e. The summed E-state index contributed by atoms with van der Waals surface area (Å²) in [7, 11) is -2.48. The van der Waals surface area contributed by atoms with Gasteiger partial charge in [0.1, 0.15) is 4.21 Å². The van der Waals surface area contributed by atoms with Gasteiger partial charge in [-0.2, -0.15) is 5.10 Å². The second kappa shape index (κ2) is 10.2. The van der Waals surface area contributed by atoms with Crippen molar-refractivity contribution >= 4 is 27.3 Å². The number of sulfonamides is 1. The van der Waals surface area contributed by atoms with E-state index < -0.39 is 16.0 Å². The van der Waals surface area contributed by atoms with Crippen LogP contribution < -0.4 is 4.72 Å². The van der Waals surface area contributed by atoms with E-state index in [1.807, 2.05) is 11.6 Å². The van der Waals surface area contributed by atoms with Gasteiger partial charge in [0.25, 0.3) is 10.0 Å². The molecular weight excluding hydrogens is 460 g/mol. The Morgan fingerprint density at radius 2 is 2.06 bits per heavy atom. The lowest BCUT2D eigenvalue weighted by molar-refractivity contribution is 0.0595. The molecule has 1 N–H and O–H groups in total. The van der Waals surface area contributed by atoms with Crippen LogP contribution in [0.5, 0.6) is 0 Å². The fourth-order valence-electron chi connectivity index (χ4n) is 4.87. The van der Waals surface area contributed by atoms with Crippen molar-refractivity contribution in [1.29, 1.82) is 0 Å². The first-order chi connectivity index (χ1) is 15.8. The van der Waals surface area contributed by atoms with Crippen molar-refractivity contribution in [2.75, 3.05) is 20.2 Å². The Bertz CT molecular complexity index is 1100. The molecule has 0 radical (unpaired) electrons. The molecule has 10 heteroatoms. The molecule has 0 saturated heterocycles. The van der Waals surface area contributed by atoms with Crippen LogP contribution in [0.3, 0.4) is 0 Å². The zero-order valence-corrected chi connectivity index (χ0v) is 21.4. The van der Waals surface area contributed by atoms with E-state index in [0.717, 1.165) is 61.5 Å². The van der Waals surface area contributed by atoms with Gasteiger partial charge in [-0.25, -0.2) is 17.9 Å². The van der Waals surface area contributed by atoms with Crippen molar-refractivity contribution in [2.45, 2.75) is 76.2 Å². The molecule has 1 aliphatic heterocycles. The third kappa shape index (κ3) is 5.34. The Morgan fingerprint density at radius 1 is 1.30 bits per heavy atom. The highest BCUT2D eigenvalue weighted by Gasteiger charge is 2.34. The number of hydrogen-bond donors (Lipinski definition) is 1. The minimum absolute atomic E-state index is 0.104. The molecular formula is C23H34N4O4S2. The number of aromatic nitrogens is 2. The molecule has 0 unspecified atom stereocenters. The van der Waals surface area contributed by atoms with Crippen molar-refractivity contribution < 1.29 is 17.9 Å². The fraction of sp³-hybridized carbons (Fsp3) is 0.652. The molecule has 3 heterocycles. The number of fused-ring (bicyclic) bond motifs is 1. The number of esters is 1. The zero-order chi connectivity index (χ0) is 23.6. The normalized spacial score (nSPS) is 17.8. The second-order valence-corrected chi connectivity index (χ2v) is 12.1. The molecule has 2 aliphatic rings. The van der Waals surface area contributed by atoms with Crippen LogP contribution in [0.1, 0.15) is 71.1 Å². The van der Waals surface area contributed by atoms with E-state index >= 15 is 0 Å². The number of aryl methyl sites for hydroxylation is 2. The lowest BCUT2D eigenvalue weighted by atomic mass is 9.90. The molecule has 0 atom stereocenters. The number of rotatable bonds is 8. The summed E-state index contributed by atoms with van der Waals surface area (Å²) in [6.45, 7) is 7.44. The van der Waals surface area contributed by atoms with Gasteiger partial charge < -0.3 is 4.74 Å². The summed E-state index contributed by atoms with van der Waals surface area (Å²) in [5, 5.41) is 4.53. The molecule has 182 valence electrons. The highest BCUT2D eigenvalue weighted by Crippen LogP contribution is 2.37. The van der Waals surface area contributed by atoms with E-state index in [0.29, 0.717) is 25.4 Å². The van der Waals surface area contributed by atoms with Crippen molar-refractivity contribution in [3.63, 3.8) is 0 Å². The summed E-state index contributed by atoms with van der Waals surface area (Å²) in [5.74, 6) is -0.202. The predicted molar refractivity (Wildman–Crippen MR) is 128 cm³/mol. The summed E-state index contributed by atoms with van der Waals surface area (Å²) >= 11 is 1.21. The smallest absolute Gasteiger partial charge is 0.340 e. The minimum atomic E-state index is -3.79. The number of hydrogen-bond acceptors (Lipinski definition) is 7. The monoisotopic (exact) mass is 494 g/mol. The SMILES string of the molecule is CCn1cc(CN2CCc3c(sc(S(=O)(=O)NCC4CCCCC4)c3C(=O)OC)C2)c(C)n1. The van der Waals surface area contributed by atoms with Crippen LogP contribution in [0.25, 0.3) is 0 Å². The van der Waals surface area contributed by atoms with Crippen LogP contribution >= 0.6 is 11.3 Å². The third-order valence-electron chi connectivity index (χ3n) is 6.79. The highest BCUT2D eigenvalue weighted by atomic mass is 32.2. The van der Waals surface area contributed by atoms with Crippen molar-refractivity contribution in [3.8, 4) is 0 Å². The molecule has 8 nitrogen and oxygen atoms in total. The topological polar surface area (TPSA) is 93.5 Å². The van der Waals surface area contributed by atoms with Crippen LogP contribution in [-0.2, 0) is 40.8 Å². The molecule has 1 fully saturated rings. The molecule has 33 heavy (non-hydrogen) atoms. The number of carbonyl (C=O) groups excluding carboxylic acids is 1. The van der Waals surface area contributed by atoms with Gasteiger partial charge in [0.2, 0.25) is 0 Å². The molecule has 1 saturated carbocycles. The first-order valence-electron chi connectivity index (χ1n) is 11.8. The van der Waals surface area contributed by atoms with E-state index in [2.05, 4.69) is 27.8 Å². The number of nitrogens with zero attached hydrogens (tertiary/aromatic N) is 3. The van der Waals surface area contributed by atoms with Crippen LogP contribution in [0, 0.1) is 12.8 Å². The average Bonchev–Trinajstić information content (AvgIpc) is 3.38. The number of thiophene rings is 1. The second-order valence-electron chi connectivity index (χ2n) is 9.07. The highest BCUT2D eigenvalue weighted by molar-refractivity contribution is 7.91. The maximum Gasteiger partial charge on any atom is 0.340 e. The minimum Gasteiger partial charge on any atom is -0.465 e. The lowest BCUT2D eigenvalue weighted by Gasteiger charge is -2.26. The van der Waals surface area contributed by atoms with Gasteiger partial charge in [-0.3, -0.25) is 9.58 Å². The number of carbonyl (C=O) groups is 1. The van der Waals surface area contributed by atoms with E-state index in [1.54, 1.807) is 0 Å². The van der Waals surface area contributed by atoms with Crippen LogP contribution in [0.15, 0.2) is 10.4 Å². The van der Waals surface area contributed by atoms with E-state index in [9.17, 15) is 13.2 Å². The molecule has 4 rings (SSSR count). The molecule has 2 aromatic heterocycles. The molecule has 1 aliphatic carbocycles. The Labute approximate surface area is 200 Å². The Balaban J connectivity index is 1.55. The maximum absolute atomic E-state index is 13.3. The standard InChI is InChI=1S/C23H34N4O4S2/c1-4-27-14-18(16(2)25-27)13-26-11-10-19-20(15-26)32-23(21(19)22(28)31-3)33(29,30)24-12-17-8-6-5-7-9-17/h14,17,24H,4-13,15H2,1-3H3. The molecule has 0 spiro atoms. The van der Waals surface area contributed by atoms with Crippen LogP contribution in [0.4, 0.5) is 0 Å². The third-order valence-corrected chi connectivity index (χ3v) is 9.95. The number of ether oxygens (including phenoxy) is 1. The Kier molecular flexibility index (Phi) is 7.57. The van der Waals surface area contributed by atoms with Crippen molar-refractivity contribution in [2.24, 2.45) is 5.92 Å². The van der Waals surface area contributed by atoms with Crippen molar-refractivity contribution in [3.05, 3.63) is 33.5 Å². The zero-order valence-electron chi connectivity index (χ0n) is 19.7. The Hall–Kier alpha value is -1.75. The molecule has 0 aromatic carbocycles.